The minimum absolute atomic E-state index is 0.178. The molecule has 0 aliphatic carbocycles. The Bertz CT molecular complexity index is 512. The van der Waals surface area contributed by atoms with Crippen LogP contribution < -0.4 is 5.73 Å². The van der Waals surface area contributed by atoms with Crippen molar-refractivity contribution in [3.8, 4) is 0 Å². The first-order valence-electron chi connectivity index (χ1n) is 5.26. The highest BCUT2D eigenvalue weighted by atomic mass is 32.1. The summed E-state index contributed by atoms with van der Waals surface area (Å²) in [5.74, 6) is -0.787. The largest absolute Gasteiger partial charge is 0.423 e. The lowest BCUT2D eigenvalue weighted by Crippen LogP contribution is -2.44. The lowest BCUT2D eigenvalue weighted by atomic mass is 10.1. The van der Waals surface area contributed by atoms with Gasteiger partial charge in [0.1, 0.15) is 10.8 Å². The van der Waals surface area contributed by atoms with Crippen molar-refractivity contribution in [3.05, 3.63) is 35.1 Å². The van der Waals surface area contributed by atoms with Crippen LogP contribution in [-0.4, -0.2) is 23.4 Å². The van der Waals surface area contributed by atoms with Crippen LogP contribution in [0.4, 0.5) is 30.7 Å². The van der Waals surface area contributed by atoms with Gasteiger partial charge in [-0.3, -0.25) is 0 Å². The zero-order chi connectivity index (χ0) is 16.4. The first-order chi connectivity index (χ1) is 9.43. The Kier molecular flexibility index (Phi) is 5.16. The zero-order valence-corrected chi connectivity index (χ0v) is 10.9. The molecule has 0 aliphatic rings. The van der Waals surface area contributed by atoms with Crippen molar-refractivity contribution in [3.63, 3.8) is 0 Å². The predicted molar refractivity (Wildman–Crippen MR) is 63.0 cm³/mol. The van der Waals surface area contributed by atoms with Crippen molar-refractivity contribution >= 4 is 17.2 Å². The van der Waals surface area contributed by atoms with E-state index in [1.54, 1.807) is 0 Å². The van der Waals surface area contributed by atoms with Crippen LogP contribution in [0, 0.1) is 5.82 Å². The molecule has 1 rings (SSSR count). The average Bonchev–Trinajstić information content (AvgIpc) is 2.27. The van der Waals surface area contributed by atoms with Gasteiger partial charge in [0.05, 0.1) is 6.61 Å². The molecule has 0 fully saturated rings. The molecular formula is C11H8F7NOS. The fourth-order valence-electron chi connectivity index (χ4n) is 1.45. The van der Waals surface area contributed by atoms with Gasteiger partial charge in [0.25, 0.3) is 0 Å². The van der Waals surface area contributed by atoms with Crippen LogP contribution in [0.3, 0.4) is 0 Å². The number of hydrogen-bond donors (Lipinski definition) is 1. The summed E-state index contributed by atoms with van der Waals surface area (Å²) < 4.78 is 90.6. The van der Waals surface area contributed by atoms with Crippen molar-refractivity contribution in [1.82, 2.24) is 0 Å². The third-order valence-corrected chi connectivity index (χ3v) is 2.56. The molecule has 0 heterocycles. The van der Waals surface area contributed by atoms with Gasteiger partial charge in [-0.2, -0.15) is 26.3 Å². The standard InChI is InChI=1S/C11H8F7NOS/c12-6-2-1-5(7(3-6)8(19)21)4-20-9(10(13,14)15)11(16,17)18/h1-3,9H,4H2,(H2,19,21). The molecule has 1 aromatic rings. The van der Waals surface area contributed by atoms with E-state index in [1.807, 2.05) is 0 Å². The van der Waals surface area contributed by atoms with E-state index in [9.17, 15) is 30.7 Å². The normalized spacial score (nSPS) is 12.8. The highest BCUT2D eigenvalue weighted by Crippen LogP contribution is 2.36. The summed E-state index contributed by atoms with van der Waals surface area (Å²) in [6.45, 7) is -1.07. The molecule has 0 amide bonds. The summed E-state index contributed by atoms with van der Waals surface area (Å²) in [5.41, 5.74) is 4.86. The fourth-order valence-corrected chi connectivity index (χ4v) is 1.64. The first-order valence-corrected chi connectivity index (χ1v) is 5.67. The molecule has 21 heavy (non-hydrogen) atoms. The Morgan fingerprint density at radius 1 is 1.14 bits per heavy atom. The van der Waals surface area contributed by atoms with Crippen LogP contribution in [0.15, 0.2) is 18.2 Å². The zero-order valence-electron chi connectivity index (χ0n) is 10.1. The number of rotatable bonds is 4. The molecule has 0 saturated carbocycles. The minimum Gasteiger partial charge on any atom is -0.389 e. The van der Waals surface area contributed by atoms with Gasteiger partial charge in [0.15, 0.2) is 0 Å². The summed E-state index contributed by atoms with van der Waals surface area (Å²) in [4.78, 5) is -0.372. The highest BCUT2D eigenvalue weighted by molar-refractivity contribution is 7.80. The third-order valence-electron chi connectivity index (χ3n) is 2.34. The molecule has 0 bridgehead atoms. The van der Waals surface area contributed by atoms with Crippen molar-refractivity contribution in [2.24, 2.45) is 5.73 Å². The van der Waals surface area contributed by atoms with E-state index in [0.717, 1.165) is 18.2 Å². The quantitative estimate of drug-likeness (QED) is 0.676. The van der Waals surface area contributed by atoms with Crippen LogP contribution in [-0.2, 0) is 11.3 Å². The molecule has 0 saturated heterocycles. The lowest BCUT2D eigenvalue weighted by molar-refractivity contribution is -0.324. The molecule has 0 atom stereocenters. The monoisotopic (exact) mass is 335 g/mol. The Morgan fingerprint density at radius 3 is 2.10 bits per heavy atom. The van der Waals surface area contributed by atoms with E-state index in [1.165, 1.54) is 0 Å². The minimum atomic E-state index is -5.62. The summed E-state index contributed by atoms with van der Waals surface area (Å²) >= 11 is 4.55. The van der Waals surface area contributed by atoms with Gasteiger partial charge in [-0.05, 0) is 17.7 Å². The number of nitrogens with two attached hydrogens (primary N) is 1. The van der Waals surface area contributed by atoms with Crippen LogP contribution in [0.5, 0.6) is 0 Å². The topological polar surface area (TPSA) is 35.2 Å². The molecule has 0 radical (unpaired) electrons. The van der Waals surface area contributed by atoms with Gasteiger partial charge < -0.3 is 10.5 Å². The second kappa shape index (κ2) is 6.14. The predicted octanol–water partition coefficient (Wildman–Crippen LogP) is 3.47. The Balaban J connectivity index is 2.99. The smallest absolute Gasteiger partial charge is 0.389 e. The molecular weight excluding hydrogens is 327 g/mol. The maximum atomic E-state index is 13.0. The second-order valence-electron chi connectivity index (χ2n) is 3.94. The SMILES string of the molecule is NC(=S)c1cc(F)ccc1COC(C(F)(F)F)C(F)(F)F. The molecule has 118 valence electrons. The van der Waals surface area contributed by atoms with Gasteiger partial charge >= 0.3 is 12.4 Å². The number of thiocarbonyl (C=S) groups is 1. The van der Waals surface area contributed by atoms with Gasteiger partial charge in [0, 0.05) is 5.56 Å². The Hall–Kier alpha value is -1.42. The first kappa shape index (κ1) is 17.6. The molecule has 1 aromatic carbocycles. The van der Waals surface area contributed by atoms with Gasteiger partial charge in [-0.25, -0.2) is 4.39 Å². The van der Waals surface area contributed by atoms with Crippen molar-refractivity contribution in [2.45, 2.75) is 25.1 Å². The molecule has 2 N–H and O–H groups in total. The van der Waals surface area contributed by atoms with Crippen molar-refractivity contribution in [1.29, 1.82) is 0 Å². The number of hydrogen-bond acceptors (Lipinski definition) is 2. The van der Waals surface area contributed by atoms with E-state index in [2.05, 4.69) is 17.0 Å². The molecule has 0 aliphatic heterocycles. The molecule has 10 heteroatoms. The van der Waals surface area contributed by atoms with Crippen LogP contribution in [0.1, 0.15) is 11.1 Å². The highest BCUT2D eigenvalue weighted by Gasteiger charge is 2.57. The summed E-state index contributed by atoms with van der Waals surface area (Å²) in [6, 6.07) is 2.60. The Morgan fingerprint density at radius 2 is 1.67 bits per heavy atom. The number of benzene rings is 1. The van der Waals surface area contributed by atoms with Gasteiger partial charge in [-0.1, -0.05) is 18.3 Å². The molecule has 0 aromatic heterocycles. The van der Waals surface area contributed by atoms with E-state index in [4.69, 9.17) is 5.73 Å². The fraction of sp³-hybridized carbons (Fsp3) is 0.364. The van der Waals surface area contributed by atoms with E-state index < -0.39 is 30.9 Å². The summed E-state index contributed by atoms with van der Waals surface area (Å²) in [7, 11) is 0. The number of ether oxygens (including phenoxy) is 1. The average molecular weight is 335 g/mol. The van der Waals surface area contributed by atoms with Crippen molar-refractivity contribution < 1.29 is 35.5 Å². The van der Waals surface area contributed by atoms with E-state index >= 15 is 0 Å². The lowest BCUT2D eigenvalue weighted by Gasteiger charge is -2.23. The molecule has 0 spiro atoms. The maximum Gasteiger partial charge on any atom is 0.423 e. The third kappa shape index (κ3) is 4.81. The van der Waals surface area contributed by atoms with Crippen LogP contribution >= 0.6 is 12.2 Å². The summed E-state index contributed by atoms with van der Waals surface area (Å²) in [6.07, 6.45) is -15.2. The van der Waals surface area contributed by atoms with Crippen molar-refractivity contribution in [2.75, 3.05) is 0 Å². The second-order valence-corrected chi connectivity index (χ2v) is 4.38. The Labute approximate surface area is 119 Å². The molecule has 0 unspecified atom stereocenters. The number of halogens is 7. The van der Waals surface area contributed by atoms with Gasteiger partial charge in [0.2, 0.25) is 6.10 Å². The number of alkyl halides is 6. The maximum absolute atomic E-state index is 13.0. The summed E-state index contributed by atoms with van der Waals surface area (Å²) in [5, 5.41) is 0. The van der Waals surface area contributed by atoms with Crippen LogP contribution in [0.25, 0.3) is 0 Å². The van der Waals surface area contributed by atoms with Crippen LogP contribution in [0.2, 0.25) is 0 Å². The van der Waals surface area contributed by atoms with Gasteiger partial charge in [-0.15, -0.1) is 0 Å². The van der Waals surface area contributed by atoms with E-state index in [-0.39, 0.29) is 16.1 Å². The molecule has 2 nitrogen and oxygen atoms in total. The van der Waals surface area contributed by atoms with E-state index in [0.29, 0.717) is 0 Å².